The lowest BCUT2D eigenvalue weighted by molar-refractivity contribution is 0.428. The lowest BCUT2D eigenvalue weighted by Gasteiger charge is -2.36. The molecule has 714 valence electrons. The fourth-order valence-electron chi connectivity index (χ4n) is 19.4. The number of thiophene rings is 1. The van der Waals surface area contributed by atoms with Crippen molar-refractivity contribution in [1.82, 2.24) is 50.7 Å². The molecule has 0 unspecified atom stereocenters. The smallest absolute Gasteiger partial charge is 0.268 e. The van der Waals surface area contributed by atoms with Gasteiger partial charge in [0, 0.05) is 160 Å². The first kappa shape index (κ1) is 96.6. The number of primary sulfonamides is 1. The van der Waals surface area contributed by atoms with Gasteiger partial charge >= 0.3 is 0 Å². The minimum absolute atomic E-state index is 0.159. The number of hydrogen-bond acceptors (Lipinski definition) is 20. The van der Waals surface area contributed by atoms with Gasteiger partial charge in [0.15, 0.2) is 19.7 Å². The number of nitrogens with two attached hydrogens (primary N) is 1. The summed E-state index contributed by atoms with van der Waals surface area (Å²) in [5.41, 5.74) is 15.1. The Morgan fingerprint density at radius 2 is 0.708 bits per heavy atom. The monoisotopic (exact) mass is 1940 g/mol. The van der Waals surface area contributed by atoms with Crippen LogP contribution in [0.5, 0.6) is 0 Å². The topological polar surface area (TPSA) is 304 Å². The molecule has 0 amide bonds. The van der Waals surface area contributed by atoms with Crippen LogP contribution in [0.1, 0.15) is 92.0 Å². The number of sulfone groups is 2. The highest BCUT2D eigenvalue weighted by Gasteiger charge is 2.30. The Labute approximate surface area is 807 Å². The van der Waals surface area contributed by atoms with Gasteiger partial charge in [-0.15, -0.1) is 11.3 Å². The summed E-state index contributed by atoms with van der Waals surface area (Å²) in [4.78, 5) is 19.8. The summed E-state index contributed by atoms with van der Waals surface area (Å²) in [6, 6.07) is 90.0. The van der Waals surface area contributed by atoms with Crippen molar-refractivity contribution in [3.8, 4) is 0 Å². The van der Waals surface area contributed by atoms with E-state index in [4.69, 9.17) is 5.14 Å². The zero-order valence-corrected chi connectivity index (χ0v) is 81.4. The molecule has 5 aliphatic rings. The van der Waals surface area contributed by atoms with Crippen LogP contribution >= 0.6 is 11.3 Å². The molecule has 10 N–H and O–H groups in total. The molecular weight excluding hydrogens is 1820 g/mol. The van der Waals surface area contributed by atoms with Gasteiger partial charge in [-0.2, -0.15) is 5.10 Å². The molecule has 5 fully saturated rings. The zero-order chi connectivity index (χ0) is 94.9. The Morgan fingerprint density at radius 1 is 0.350 bits per heavy atom. The highest BCUT2D eigenvalue weighted by atomic mass is 32.2. The molecule has 24 nitrogen and oxygen atoms in total. The molecule has 0 atom stereocenters. The molecule has 0 spiro atoms. The van der Waals surface area contributed by atoms with Gasteiger partial charge in [-0.25, -0.2) is 47.2 Å². The van der Waals surface area contributed by atoms with Crippen molar-refractivity contribution >= 4 is 133 Å². The van der Waals surface area contributed by atoms with Crippen LogP contribution in [0.15, 0.2) is 323 Å². The van der Waals surface area contributed by atoms with Gasteiger partial charge in [0.25, 0.3) is 10.0 Å². The molecule has 5 aromatic heterocycles. The SMILES string of the molecule is CS(=O)(=O)c1cccc(CN(c2ccc3[nH]ccc3c2)C2CCNCC2)c1.CS(=O)(=O)c1cccc(CN(c2ccc3sccc3c2)C2CCNCC2)c1.Fc1cccc(CN(c2ccc3[nH]ncc3c2)C2CCNCC2)c1.NS(=O)(=O)c1cccc(CN(c2ccc3[nH]ccc3c2)C2CCNCC2)c1.O=S(=O)(c1ccccc1)n1ccc2cc(N(Cc3ccccc3)C3CCNCC3)ccc21. The molecular formula is C107H121FN16O8S5. The highest BCUT2D eigenvalue weighted by Crippen LogP contribution is 2.37. The number of aromatic nitrogens is 5. The average molecular weight is 1940 g/mol. The maximum atomic E-state index is 13.6. The number of H-pyrrole nitrogens is 3. The van der Waals surface area contributed by atoms with Crippen molar-refractivity contribution in [3.05, 3.63) is 337 Å². The second-order valence-electron chi connectivity index (χ2n) is 36.1. The summed E-state index contributed by atoms with van der Waals surface area (Å²) < 4.78 is 114. The van der Waals surface area contributed by atoms with Crippen LogP contribution in [-0.2, 0) is 72.4 Å². The van der Waals surface area contributed by atoms with Gasteiger partial charge in [0.2, 0.25) is 10.0 Å². The number of sulfonamides is 1. The van der Waals surface area contributed by atoms with E-state index in [1.54, 1.807) is 90.3 Å². The van der Waals surface area contributed by atoms with Crippen molar-refractivity contribution < 1.29 is 38.1 Å². The minimum Gasteiger partial charge on any atom is -0.364 e. The normalized spacial score (nSPS) is 15.7. The lowest BCUT2D eigenvalue weighted by Crippen LogP contribution is -2.43. The van der Waals surface area contributed by atoms with E-state index in [0.29, 0.717) is 76.6 Å². The van der Waals surface area contributed by atoms with Gasteiger partial charge in [-0.3, -0.25) is 5.10 Å². The van der Waals surface area contributed by atoms with Crippen LogP contribution in [0.2, 0.25) is 0 Å². The fourth-order valence-corrected chi connectivity index (χ4v) is 23.5. The first-order valence-corrected chi connectivity index (χ1v) is 54.9. The van der Waals surface area contributed by atoms with Crippen molar-refractivity contribution in [1.29, 1.82) is 0 Å². The van der Waals surface area contributed by atoms with E-state index in [2.05, 4.69) is 204 Å². The number of benzene rings is 11. The van der Waals surface area contributed by atoms with Gasteiger partial charge in [0.1, 0.15) is 5.82 Å². The molecule has 0 aliphatic carbocycles. The third kappa shape index (κ3) is 24.9. The van der Waals surface area contributed by atoms with Crippen LogP contribution in [-0.4, -0.2) is 166 Å². The van der Waals surface area contributed by atoms with Crippen molar-refractivity contribution in [2.24, 2.45) is 5.14 Å². The first-order chi connectivity index (χ1) is 66.4. The summed E-state index contributed by atoms with van der Waals surface area (Å²) in [6.45, 7) is 13.7. The van der Waals surface area contributed by atoms with E-state index in [0.717, 1.165) is 197 Å². The number of halogens is 1. The number of hydrogen-bond donors (Lipinski definition) is 9. The summed E-state index contributed by atoms with van der Waals surface area (Å²) in [7, 11) is -13.7. The molecule has 0 radical (unpaired) electrons. The van der Waals surface area contributed by atoms with Gasteiger partial charge in [-0.1, -0.05) is 97.1 Å². The Bertz CT molecular complexity index is 6810. The maximum Gasteiger partial charge on any atom is 0.268 e. The summed E-state index contributed by atoms with van der Waals surface area (Å²) in [5, 5.41) is 37.3. The number of aromatic amines is 3. The highest BCUT2D eigenvalue weighted by molar-refractivity contribution is 7.91. The Morgan fingerprint density at radius 3 is 1.15 bits per heavy atom. The van der Waals surface area contributed by atoms with Crippen LogP contribution in [0.4, 0.5) is 32.8 Å². The summed E-state index contributed by atoms with van der Waals surface area (Å²) >= 11 is 1.76. The Balaban J connectivity index is 0.000000119. The predicted octanol–water partition coefficient (Wildman–Crippen LogP) is 18.1. The van der Waals surface area contributed by atoms with E-state index in [1.165, 1.54) is 66.0 Å². The van der Waals surface area contributed by atoms with E-state index < -0.39 is 39.7 Å². The second-order valence-corrected chi connectivity index (χ2v) is 44.5. The summed E-state index contributed by atoms with van der Waals surface area (Å²) in [6.07, 6.45) is 20.8. The third-order valence-electron chi connectivity index (χ3n) is 26.7. The molecule has 11 aromatic carbocycles. The number of anilines is 5. The number of nitrogens with zero attached hydrogens (tertiary/aromatic N) is 7. The fraction of sp³-hybridized carbons (Fsp3) is 0.299. The largest absolute Gasteiger partial charge is 0.364 e. The van der Waals surface area contributed by atoms with Gasteiger partial charge in [-0.05, 0) is 344 Å². The molecule has 10 heterocycles. The molecule has 5 saturated heterocycles. The van der Waals surface area contributed by atoms with E-state index >= 15 is 0 Å². The van der Waals surface area contributed by atoms with Crippen LogP contribution in [0.3, 0.4) is 0 Å². The van der Waals surface area contributed by atoms with E-state index in [-0.39, 0.29) is 10.7 Å². The van der Waals surface area contributed by atoms with Crippen molar-refractivity contribution in [2.75, 3.05) is 102 Å². The Hall–Kier alpha value is -12.0. The van der Waals surface area contributed by atoms with Crippen LogP contribution in [0, 0.1) is 5.82 Å². The third-order valence-corrected chi connectivity index (χ3v) is 32.4. The van der Waals surface area contributed by atoms with Crippen molar-refractivity contribution in [2.45, 2.75) is 147 Å². The second kappa shape index (κ2) is 44.6. The standard InChI is InChI=1S/C26H27N3O2S.C21H25N3O2S.C21H24N2O2S2.C20H24N4O2S.C19H21FN4/c30-32(31,25-9-5-2-6-10-25)29-18-15-22-19-24(11-12-26(22)29)28(23-13-16-27-17-14-23)20-21-7-3-1-4-8-21;1-27(25,26)20-4-2-3-16(13-20)15-24(18-8-10-22-11-9-18)19-5-6-21-17(14-19)7-12-23-21;1-27(24,25)20-4-2-3-16(13-20)15-23(18-7-10-22-11-8-18)19-5-6-21-17(14-19)9-12-26-21;21-27(25,26)19-3-1-2-15(12-19)14-24(17-7-9-22-10-8-17)18-4-5-20-16(13-18)6-11-23-20;20-16-3-1-2-14(10-16)13-24(17-6-8-21-9-7-17)18-4-5-19-15(11-18)12-22-23-19/h1-12,15,18-19,23,27H,13-14,16-17,20H2;2-7,12-14,18,22-23H,8-11,15H2,1H3;2-6,9,12-14,18,22H,7-8,10-11,15H2,1H3;1-6,11-13,17,22-23H,7-10,14H2,(H2,21,25,26);1-5,10-12,17,21H,6-9,13H2,(H,22,23). The van der Waals surface area contributed by atoms with Crippen molar-refractivity contribution in [3.63, 3.8) is 0 Å². The molecule has 137 heavy (non-hydrogen) atoms. The van der Waals surface area contributed by atoms with Crippen LogP contribution < -0.4 is 56.2 Å². The molecule has 0 bridgehead atoms. The molecule has 21 rings (SSSR count). The molecule has 16 aromatic rings. The van der Waals surface area contributed by atoms with E-state index in [1.807, 2.05) is 85.3 Å². The number of nitrogens with one attached hydrogen (secondary N) is 8. The number of fused-ring (bicyclic) bond motifs is 5. The molecule has 0 saturated carbocycles. The zero-order valence-electron chi connectivity index (χ0n) is 77.3. The quantitative estimate of drug-likeness (QED) is 0.0257. The van der Waals surface area contributed by atoms with Crippen LogP contribution in [0.25, 0.3) is 53.7 Å². The lowest BCUT2D eigenvalue weighted by atomic mass is 10.0. The van der Waals surface area contributed by atoms with Gasteiger partial charge in [0.05, 0.1) is 36.8 Å². The Kier molecular flexibility index (Phi) is 31.5. The number of piperidine rings is 5. The minimum atomic E-state index is -3.70. The maximum absolute atomic E-state index is 13.6. The first-order valence-electron chi connectivity index (χ1n) is 47.3. The van der Waals surface area contributed by atoms with Gasteiger partial charge < -0.3 is 61.1 Å². The number of rotatable bonds is 25. The molecule has 5 aliphatic heterocycles. The van der Waals surface area contributed by atoms with E-state index in [9.17, 15) is 38.1 Å². The summed E-state index contributed by atoms with van der Waals surface area (Å²) in [5.74, 6) is -0.178. The predicted molar refractivity (Wildman–Crippen MR) is 556 cm³/mol. The molecule has 30 heteroatoms. The average Bonchev–Trinajstić information content (AvgIpc) is 1.62.